The van der Waals surface area contributed by atoms with Crippen molar-refractivity contribution in [2.75, 3.05) is 5.32 Å². The number of nitrogens with two attached hydrogens (primary N) is 1. The fraction of sp³-hybridized carbons (Fsp3) is 0.294. The van der Waals surface area contributed by atoms with E-state index in [9.17, 15) is 0 Å². The lowest BCUT2D eigenvalue weighted by Gasteiger charge is -2.22. The van der Waals surface area contributed by atoms with E-state index >= 15 is 0 Å². The van der Waals surface area contributed by atoms with Crippen molar-refractivity contribution < 1.29 is 0 Å². The third kappa shape index (κ3) is 3.58. The van der Waals surface area contributed by atoms with Gasteiger partial charge in [0.15, 0.2) is 0 Å². The Morgan fingerprint density at radius 1 is 1.29 bits per heavy atom. The number of anilines is 1. The molecule has 4 heteroatoms. The summed E-state index contributed by atoms with van der Waals surface area (Å²) in [4.78, 5) is 4.83. The Bertz CT molecular complexity index is 638. The number of benzene rings is 1. The Morgan fingerprint density at radius 3 is 2.52 bits per heavy atom. The van der Waals surface area contributed by atoms with Crippen LogP contribution in [0.3, 0.4) is 0 Å². The first-order valence-electron chi connectivity index (χ1n) is 7.12. The monoisotopic (exact) mass is 299 g/mol. The summed E-state index contributed by atoms with van der Waals surface area (Å²) in [6.45, 7) is 6.08. The van der Waals surface area contributed by atoms with Gasteiger partial charge in [-0.25, -0.2) is 0 Å². The van der Waals surface area contributed by atoms with Crippen molar-refractivity contribution in [1.29, 1.82) is 0 Å². The van der Waals surface area contributed by atoms with Crippen LogP contribution in [0.5, 0.6) is 0 Å². The van der Waals surface area contributed by atoms with Crippen molar-refractivity contribution in [1.82, 2.24) is 4.98 Å². The van der Waals surface area contributed by atoms with Crippen molar-refractivity contribution in [3.63, 3.8) is 0 Å². The molecule has 1 aromatic carbocycles. The highest BCUT2D eigenvalue weighted by Crippen LogP contribution is 2.26. The molecule has 2 aromatic rings. The second kappa shape index (κ2) is 6.68. The van der Waals surface area contributed by atoms with E-state index in [4.69, 9.17) is 18.0 Å². The normalized spacial score (nSPS) is 12.0. The zero-order valence-corrected chi connectivity index (χ0v) is 13.5. The molecule has 21 heavy (non-hydrogen) atoms. The summed E-state index contributed by atoms with van der Waals surface area (Å²) in [6, 6.07) is 12.6. The third-order valence-corrected chi connectivity index (χ3v) is 3.72. The van der Waals surface area contributed by atoms with Gasteiger partial charge < -0.3 is 11.1 Å². The molecule has 1 unspecified atom stereocenters. The number of thiocarbonyl (C=S) groups is 1. The zero-order chi connectivity index (χ0) is 15.4. The fourth-order valence-electron chi connectivity index (χ4n) is 2.55. The predicted molar refractivity (Wildman–Crippen MR) is 92.7 cm³/mol. The van der Waals surface area contributed by atoms with E-state index in [0.717, 1.165) is 29.1 Å². The minimum atomic E-state index is 0.223. The molecule has 3 nitrogen and oxygen atoms in total. The molecule has 110 valence electrons. The highest BCUT2D eigenvalue weighted by molar-refractivity contribution is 7.80. The van der Waals surface area contributed by atoms with Gasteiger partial charge in [-0.1, -0.05) is 49.5 Å². The van der Waals surface area contributed by atoms with Crippen molar-refractivity contribution >= 4 is 22.9 Å². The average Bonchev–Trinajstić information content (AvgIpc) is 2.44. The van der Waals surface area contributed by atoms with E-state index < -0.39 is 0 Å². The number of nitrogens with zero attached hydrogens (tertiary/aromatic N) is 1. The second-order valence-electron chi connectivity index (χ2n) is 5.15. The molecular weight excluding hydrogens is 278 g/mol. The molecule has 0 spiro atoms. The molecule has 1 atom stereocenters. The van der Waals surface area contributed by atoms with E-state index in [1.807, 2.05) is 26.0 Å². The van der Waals surface area contributed by atoms with Crippen LogP contribution in [0.15, 0.2) is 36.4 Å². The number of hydrogen-bond donors (Lipinski definition) is 2. The first-order valence-corrected chi connectivity index (χ1v) is 7.53. The summed E-state index contributed by atoms with van der Waals surface area (Å²) in [5.74, 6) is 0. The topological polar surface area (TPSA) is 50.9 Å². The van der Waals surface area contributed by atoms with Crippen molar-refractivity contribution in [2.45, 2.75) is 33.2 Å². The maximum Gasteiger partial charge on any atom is 0.107 e. The molecule has 0 saturated heterocycles. The van der Waals surface area contributed by atoms with Crippen molar-refractivity contribution in [2.24, 2.45) is 5.73 Å². The summed E-state index contributed by atoms with van der Waals surface area (Å²) < 4.78 is 0. The van der Waals surface area contributed by atoms with Crippen LogP contribution in [0.4, 0.5) is 5.69 Å². The van der Waals surface area contributed by atoms with Crippen molar-refractivity contribution in [3.05, 3.63) is 58.9 Å². The Labute approximate surface area is 131 Å². The van der Waals surface area contributed by atoms with Crippen LogP contribution in [-0.4, -0.2) is 9.97 Å². The predicted octanol–water partition coefficient (Wildman–Crippen LogP) is 3.90. The summed E-state index contributed by atoms with van der Waals surface area (Å²) in [5, 5.41) is 3.57. The molecule has 3 N–H and O–H groups in total. The molecule has 0 aliphatic rings. The Hall–Kier alpha value is -1.94. The largest absolute Gasteiger partial charge is 0.389 e. The Balaban J connectivity index is 2.40. The molecule has 1 heterocycles. The third-order valence-electron chi connectivity index (χ3n) is 3.51. The van der Waals surface area contributed by atoms with Gasteiger partial charge in [-0.05, 0) is 31.9 Å². The van der Waals surface area contributed by atoms with Gasteiger partial charge in [0, 0.05) is 17.1 Å². The van der Waals surface area contributed by atoms with Crippen LogP contribution in [0.1, 0.15) is 41.9 Å². The van der Waals surface area contributed by atoms with Crippen LogP contribution in [-0.2, 0) is 0 Å². The minimum absolute atomic E-state index is 0.223. The molecule has 0 saturated carbocycles. The highest BCUT2D eigenvalue weighted by Gasteiger charge is 2.15. The van der Waals surface area contributed by atoms with Gasteiger partial charge in [-0.2, -0.15) is 0 Å². The highest BCUT2D eigenvalue weighted by atomic mass is 32.1. The van der Waals surface area contributed by atoms with Crippen LogP contribution in [0.2, 0.25) is 0 Å². The van der Waals surface area contributed by atoms with Crippen LogP contribution < -0.4 is 11.1 Å². The summed E-state index contributed by atoms with van der Waals surface area (Å²) in [7, 11) is 0. The SMILES string of the molecule is CCC(Nc1cc(C)nc(C)c1C(N)=S)c1ccccc1. The first-order chi connectivity index (χ1) is 10.0. The van der Waals surface area contributed by atoms with Crippen LogP contribution in [0, 0.1) is 13.8 Å². The molecule has 0 bridgehead atoms. The van der Waals surface area contributed by atoms with Gasteiger partial charge in [0.2, 0.25) is 0 Å². The molecule has 0 radical (unpaired) electrons. The smallest absolute Gasteiger partial charge is 0.107 e. The average molecular weight is 299 g/mol. The number of aryl methyl sites for hydroxylation is 2. The lowest BCUT2D eigenvalue weighted by molar-refractivity contribution is 0.748. The van der Waals surface area contributed by atoms with E-state index in [1.54, 1.807) is 0 Å². The van der Waals surface area contributed by atoms with E-state index in [-0.39, 0.29) is 6.04 Å². The fourth-order valence-corrected chi connectivity index (χ4v) is 2.81. The second-order valence-corrected chi connectivity index (χ2v) is 5.59. The Kier molecular flexibility index (Phi) is 4.91. The van der Waals surface area contributed by atoms with Gasteiger partial charge in [0.05, 0.1) is 11.6 Å². The number of nitrogens with one attached hydrogen (secondary N) is 1. The maximum absolute atomic E-state index is 5.87. The zero-order valence-electron chi connectivity index (χ0n) is 12.7. The number of hydrogen-bond acceptors (Lipinski definition) is 3. The molecule has 0 aliphatic carbocycles. The molecule has 1 aromatic heterocycles. The van der Waals surface area contributed by atoms with E-state index in [1.165, 1.54) is 5.56 Å². The molecular formula is C17H21N3S. The van der Waals surface area contributed by atoms with Gasteiger partial charge in [-0.3, -0.25) is 4.98 Å². The molecule has 2 rings (SSSR count). The Morgan fingerprint density at radius 2 is 1.95 bits per heavy atom. The number of aromatic nitrogens is 1. The van der Waals surface area contributed by atoms with Gasteiger partial charge in [0.25, 0.3) is 0 Å². The molecule has 0 amide bonds. The lowest BCUT2D eigenvalue weighted by atomic mass is 10.0. The number of pyridine rings is 1. The van der Waals surface area contributed by atoms with Crippen LogP contribution >= 0.6 is 12.2 Å². The number of rotatable bonds is 5. The summed E-state index contributed by atoms with van der Waals surface area (Å²) >= 11 is 5.18. The lowest BCUT2D eigenvalue weighted by Crippen LogP contribution is -2.18. The summed E-state index contributed by atoms with van der Waals surface area (Å²) in [5.41, 5.74) is 10.7. The standard InChI is InChI=1S/C17H21N3S/c1-4-14(13-8-6-5-7-9-13)20-15-10-11(2)19-12(3)16(15)17(18)21/h5-10,14H,4H2,1-3H3,(H2,18,21)(H,19,20). The van der Waals surface area contributed by atoms with E-state index in [0.29, 0.717) is 4.99 Å². The van der Waals surface area contributed by atoms with Gasteiger partial charge >= 0.3 is 0 Å². The summed E-state index contributed by atoms with van der Waals surface area (Å²) in [6.07, 6.45) is 0.973. The first kappa shape index (κ1) is 15.4. The molecule has 0 aliphatic heterocycles. The minimum Gasteiger partial charge on any atom is -0.389 e. The quantitative estimate of drug-likeness (QED) is 0.822. The maximum atomic E-state index is 5.87. The van der Waals surface area contributed by atoms with Crippen molar-refractivity contribution in [3.8, 4) is 0 Å². The molecule has 0 fully saturated rings. The van der Waals surface area contributed by atoms with Crippen LogP contribution in [0.25, 0.3) is 0 Å². The van der Waals surface area contributed by atoms with E-state index in [2.05, 4.69) is 41.5 Å². The van der Waals surface area contributed by atoms with Gasteiger partial charge in [0.1, 0.15) is 4.99 Å². The van der Waals surface area contributed by atoms with Gasteiger partial charge in [-0.15, -0.1) is 0 Å².